The topological polar surface area (TPSA) is 105 Å². The van der Waals surface area contributed by atoms with E-state index in [9.17, 15) is 14.4 Å². The Morgan fingerprint density at radius 1 is 1.09 bits per heavy atom. The van der Waals surface area contributed by atoms with Crippen molar-refractivity contribution in [1.82, 2.24) is 10.1 Å². The average molecular weight is 468 g/mol. The number of aromatic amines is 1. The number of methoxy groups -OCH3 is 1. The van der Waals surface area contributed by atoms with Gasteiger partial charge >= 0.3 is 0 Å². The van der Waals surface area contributed by atoms with Crippen molar-refractivity contribution in [3.05, 3.63) is 76.3 Å². The van der Waals surface area contributed by atoms with Crippen LogP contribution in [0.1, 0.15) is 29.1 Å². The minimum absolute atomic E-state index is 0.160. The molecule has 2 amide bonds. The minimum Gasteiger partial charge on any atom is -0.497 e. The number of aromatic nitrogens is 1. The maximum Gasteiger partial charge on any atom is 0.293 e. The maximum atomic E-state index is 13.5. The summed E-state index contributed by atoms with van der Waals surface area (Å²) >= 11 is 0. The highest BCUT2D eigenvalue weighted by atomic mass is 28.3. The zero-order chi connectivity index (χ0) is 24.2. The molecule has 1 aromatic heterocycles. The van der Waals surface area contributed by atoms with Gasteiger partial charge in [-0.25, -0.2) is 0 Å². The van der Waals surface area contributed by atoms with Gasteiger partial charge in [0, 0.05) is 12.2 Å². The molecular weight excluding hydrogens is 438 g/mol. The smallest absolute Gasteiger partial charge is 0.293 e. The molecule has 0 bridgehead atoms. The molecule has 3 rings (SSSR count). The molecule has 0 saturated carbocycles. The minimum atomic E-state index is -1.47. The van der Waals surface area contributed by atoms with Crippen molar-refractivity contribution < 1.29 is 18.8 Å². The van der Waals surface area contributed by atoms with E-state index in [4.69, 9.17) is 9.26 Å². The summed E-state index contributed by atoms with van der Waals surface area (Å²) in [5.41, 5.74) is 0.708. The molecule has 0 aliphatic rings. The summed E-state index contributed by atoms with van der Waals surface area (Å²) in [5.74, 6) is -0.478. The molecule has 2 N–H and O–H groups in total. The summed E-state index contributed by atoms with van der Waals surface area (Å²) < 4.78 is 10.2. The van der Waals surface area contributed by atoms with E-state index in [1.165, 1.54) is 10.1 Å². The lowest BCUT2D eigenvalue weighted by atomic mass is 10.0. The predicted molar refractivity (Wildman–Crippen MR) is 130 cm³/mol. The van der Waals surface area contributed by atoms with Crippen molar-refractivity contribution >= 4 is 30.8 Å². The van der Waals surface area contributed by atoms with Crippen LogP contribution in [0.25, 0.3) is 0 Å². The fourth-order valence-electron chi connectivity index (χ4n) is 3.50. The van der Waals surface area contributed by atoms with Crippen LogP contribution in [0, 0.1) is 0 Å². The molecule has 1 atom stereocenters. The number of hydrogen-bond donors (Lipinski definition) is 2. The molecule has 0 radical (unpaired) electrons. The lowest BCUT2D eigenvalue weighted by molar-refractivity contribution is -0.120. The van der Waals surface area contributed by atoms with Gasteiger partial charge in [0.05, 0.1) is 21.3 Å². The maximum absolute atomic E-state index is 13.5. The number of rotatable bonds is 8. The van der Waals surface area contributed by atoms with Crippen LogP contribution in [0.3, 0.4) is 0 Å². The molecule has 2 aromatic carbocycles. The third-order valence-electron chi connectivity index (χ3n) is 5.35. The number of ether oxygens (including phenoxy) is 1. The van der Waals surface area contributed by atoms with Crippen molar-refractivity contribution in [1.29, 1.82) is 0 Å². The molecule has 33 heavy (non-hydrogen) atoms. The first-order chi connectivity index (χ1) is 15.6. The van der Waals surface area contributed by atoms with Gasteiger partial charge in [-0.15, -0.1) is 0 Å². The van der Waals surface area contributed by atoms with Gasteiger partial charge in [-0.3, -0.25) is 14.4 Å². The fourth-order valence-corrected chi connectivity index (χ4v) is 4.66. The molecule has 1 heterocycles. The van der Waals surface area contributed by atoms with Crippen molar-refractivity contribution in [2.75, 3.05) is 19.0 Å². The zero-order valence-corrected chi connectivity index (χ0v) is 20.5. The Hall–Kier alpha value is -3.59. The summed E-state index contributed by atoms with van der Waals surface area (Å²) in [6.45, 7) is 8.74. The highest BCUT2D eigenvalue weighted by Crippen LogP contribution is 2.26. The van der Waals surface area contributed by atoms with Crippen molar-refractivity contribution in [3.63, 3.8) is 0 Å². The number of amides is 2. The van der Waals surface area contributed by atoms with Crippen molar-refractivity contribution in [3.8, 4) is 5.75 Å². The van der Waals surface area contributed by atoms with E-state index in [2.05, 4.69) is 30.1 Å². The van der Waals surface area contributed by atoms with Crippen LogP contribution in [0.4, 0.5) is 5.69 Å². The highest BCUT2D eigenvalue weighted by molar-refractivity contribution is 6.88. The largest absolute Gasteiger partial charge is 0.497 e. The molecule has 0 fully saturated rings. The van der Waals surface area contributed by atoms with Crippen molar-refractivity contribution in [2.24, 2.45) is 0 Å². The van der Waals surface area contributed by atoms with Crippen LogP contribution >= 0.6 is 0 Å². The lowest BCUT2D eigenvalue weighted by Crippen LogP contribution is -2.41. The molecule has 1 unspecified atom stereocenters. The van der Waals surface area contributed by atoms with Crippen LogP contribution in [0.2, 0.25) is 19.6 Å². The number of nitrogens with zero attached hydrogens (tertiary/aromatic N) is 1. The second kappa shape index (κ2) is 9.91. The number of carbonyl (C=O) groups is 2. The third kappa shape index (κ3) is 5.61. The molecule has 0 saturated heterocycles. The van der Waals surface area contributed by atoms with Crippen LogP contribution in [-0.4, -0.2) is 43.6 Å². The van der Waals surface area contributed by atoms with Crippen molar-refractivity contribution in [2.45, 2.75) is 32.6 Å². The molecule has 0 spiro atoms. The Morgan fingerprint density at radius 3 is 2.21 bits per heavy atom. The molecule has 8 nitrogen and oxygen atoms in total. The van der Waals surface area contributed by atoms with Crippen LogP contribution in [0.15, 0.2) is 63.9 Å². The van der Waals surface area contributed by atoms with E-state index in [-0.39, 0.29) is 18.2 Å². The summed E-state index contributed by atoms with van der Waals surface area (Å²) in [6.07, 6.45) is 0. The quantitative estimate of drug-likeness (QED) is 0.494. The van der Waals surface area contributed by atoms with Gasteiger partial charge < -0.3 is 19.5 Å². The monoisotopic (exact) mass is 467 g/mol. The Bertz CT molecular complexity index is 1160. The molecule has 0 aliphatic carbocycles. The number of nitrogens with one attached hydrogen (secondary N) is 2. The summed E-state index contributed by atoms with van der Waals surface area (Å²) in [6, 6.07) is 14.9. The SMILES string of the molecule is CCN(C(=O)c1cc(=O)[nH]o1)C(C(=O)Nc1ccc([Si](C)(C)C)cc1)c1ccc(OC)cc1. The van der Waals surface area contributed by atoms with Crippen LogP contribution in [-0.2, 0) is 4.79 Å². The van der Waals surface area contributed by atoms with E-state index >= 15 is 0 Å². The normalized spacial score (nSPS) is 12.2. The van der Waals surface area contributed by atoms with Gasteiger partial charge in [0.1, 0.15) is 11.8 Å². The van der Waals surface area contributed by atoms with Crippen LogP contribution < -0.4 is 20.8 Å². The number of carbonyl (C=O) groups excluding carboxylic acids is 2. The molecule has 0 aliphatic heterocycles. The first-order valence-electron chi connectivity index (χ1n) is 10.7. The van der Waals surface area contributed by atoms with E-state index in [0.29, 0.717) is 17.0 Å². The van der Waals surface area contributed by atoms with Gasteiger partial charge in [-0.1, -0.05) is 49.1 Å². The first-order valence-corrected chi connectivity index (χ1v) is 14.2. The number of benzene rings is 2. The summed E-state index contributed by atoms with van der Waals surface area (Å²) in [4.78, 5) is 39.4. The molecular formula is C24H29N3O5Si. The third-order valence-corrected chi connectivity index (χ3v) is 7.41. The first kappa shape index (κ1) is 24.1. The Morgan fingerprint density at radius 2 is 1.73 bits per heavy atom. The van der Waals surface area contributed by atoms with E-state index in [1.54, 1.807) is 38.3 Å². The van der Waals surface area contributed by atoms with Gasteiger partial charge in [-0.05, 0) is 36.8 Å². The van der Waals surface area contributed by atoms with Gasteiger partial charge in [0.25, 0.3) is 17.4 Å². The van der Waals surface area contributed by atoms with E-state index in [0.717, 1.165) is 6.07 Å². The second-order valence-electron chi connectivity index (χ2n) is 8.66. The van der Waals surface area contributed by atoms with E-state index in [1.807, 2.05) is 24.3 Å². The van der Waals surface area contributed by atoms with Crippen LogP contribution in [0.5, 0.6) is 5.75 Å². The Labute approximate surface area is 193 Å². The Kier molecular flexibility index (Phi) is 7.22. The van der Waals surface area contributed by atoms with Gasteiger partial charge in [0.2, 0.25) is 5.76 Å². The standard InChI is InChI=1S/C24H29N3O5Si/c1-6-27(24(30)20-15-21(28)26-32-20)22(16-7-11-18(31-2)12-8-16)23(29)25-17-9-13-19(14-10-17)33(3,4)5/h7-15,22H,6H2,1-5H3,(H,25,29)(H,26,28). The van der Waals surface area contributed by atoms with Gasteiger partial charge in [0.15, 0.2) is 0 Å². The molecule has 174 valence electrons. The van der Waals surface area contributed by atoms with Gasteiger partial charge in [-0.2, -0.15) is 5.16 Å². The zero-order valence-electron chi connectivity index (χ0n) is 19.5. The average Bonchev–Trinajstić information content (AvgIpc) is 3.23. The second-order valence-corrected chi connectivity index (χ2v) is 13.7. The summed E-state index contributed by atoms with van der Waals surface area (Å²) in [7, 11) is 0.0845. The fraction of sp³-hybridized carbons (Fsp3) is 0.292. The lowest BCUT2D eigenvalue weighted by Gasteiger charge is -2.29. The Balaban J connectivity index is 1.95. The summed E-state index contributed by atoms with van der Waals surface area (Å²) in [5, 5.41) is 6.32. The number of likely N-dealkylation sites (N-methyl/N-ethyl adjacent to an activating group) is 1. The number of anilines is 1. The number of H-pyrrole nitrogens is 1. The predicted octanol–water partition coefficient (Wildman–Crippen LogP) is 3.36. The van der Waals surface area contributed by atoms with E-state index < -0.39 is 25.6 Å². The molecule has 9 heteroatoms. The molecule has 3 aromatic rings. The number of hydrogen-bond acceptors (Lipinski definition) is 5. The highest BCUT2D eigenvalue weighted by Gasteiger charge is 2.33.